The van der Waals surface area contributed by atoms with Crippen LogP contribution in [0.2, 0.25) is 0 Å². The molecule has 5 aliphatic heterocycles. The molecule has 0 radical (unpaired) electrons. The second-order valence-corrected chi connectivity index (χ2v) is 13.5. The Hall–Kier alpha value is -3.66. The van der Waals surface area contributed by atoms with Gasteiger partial charge in [0.05, 0.1) is 36.4 Å². The van der Waals surface area contributed by atoms with Crippen LogP contribution >= 0.6 is 11.8 Å². The number of aryl methyl sites for hydroxylation is 1. The highest BCUT2D eigenvalue weighted by atomic mass is 32.2. The number of nitrogens with zero attached hydrogens (tertiary/aromatic N) is 3. The van der Waals surface area contributed by atoms with Gasteiger partial charge >= 0.3 is 11.9 Å². The molecule has 12 heteroatoms. The lowest BCUT2D eigenvalue weighted by molar-refractivity contribution is -0.153. The second-order valence-electron chi connectivity index (χ2n) is 12.3. The SMILES string of the molecule is COc1c(C)cc2c(c1O)[C@H]1[C@@H]3[C@@H]4SC[C@H](C)C(=O)OC[C@@H](c5c6c(c(C)c(OC(C)=O)c54)OCO6)N3[C@@H](C#N)[C@H](C2)N1C. The summed E-state index contributed by atoms with van der Waals surface area (Å²) in [5.74, 6) is 1.17. The van der Waals surface area contributed by atoms with Crippen molar-refractivity contribution >= 4 is 23.7 Å². The molecule has 7 rings (SSSR count). The maximum atomic E-state index is 13.1. The number of likely N-dealkylation sites (N-methyl/N-ethyl adjacent to an activating group) is 1. The monoisotopic (exact) mass is 621 g/mol. The fraction of sp³-hybridized carbons (Fsp3) is 0.531. The minimum absolute atomic E-state index is 0.00697. The Morgan fingerprint density at radius 1 is 1.16 bits per heavy atom. The van der Waals surface area contributed by atoms with Crippen molar-refractivity contribution in [2.24, 2.45) is 5.92 Å². The van der Waals surface area contributed by atoms with Crippen molar-refractivity contribution < 1.29 is 38.4 Å². The van der Waals surface area contributed by atoms with Crippen molar-refractivity contribution in [2.45, 2.75) is 69.6 Å². The molecule has 0 aliphatic carbocycles. The zero-order valence-electron chi connectivity index (χ0n) is 25.5. The fourth-order valence-corrected chi connectivity index (χ4v) is 9.58. The summed E-state index contributed by atoms with van der Waals surface area (Å²) in [5.41, 5.74) is 4.70. The molecule has 2 saturated heterocycles. The minimum Gasteiger partial charge on any atom is -0.504 e. The molecule has 7 atom stereocenters. The first-order valence-corrected chi connectivity index (χ1v) is 15.8. The van der Waals surface area contributed by atoms with Crippen molar-refractivity contribution in [3.63, 3.8) is 0 Å². The van der Waals surface area contributed by atoms with Crippen LogP contribution in [0.4, 0.5) is 0 Å². The van der Waals surface area contributed by atoms with E-state index < -0.39 is 18.1 Å². The van der Waals surface area contributed by atoms with Crippen LogP contribution in [0.5, 0.6) is 28.7 Å². The number of piperazine rings is 1. The van der Waals surface area contributed by atoms with Crippen molar-refractivity contribution in [2.75, 3.05) is 33.3 Å². The summed E-state index contributed by atoms with van der Waals surface area (Å²) >= 11 is 1.57. The van der Waals surface area contributed by atoms with Crippen LogP contribution in [0.3, 0.4) is 0 Å². The first kappa shape index (κ1) is 29.1. The van der Waals surface area contributed by atoms with Crippen LogP contribution in [0.25, 0.3) is 0 Å². The van der Waals surface area contributed by atoms with Gasteiger partial charge in [0, 0.05) is 47.0 Å². The zero-order chi connectivity index (χ0) is 31.2. The van der Waals surface area contributed by atoms with Gasteiger partial charge in [-0.15, -0.1) is 0 Å². The lowest BCUT2D eigenvalue weighted by atomic mass is 9.71. The molecule has 11 nitrogen and oxygen atoms in total. The number of methoxy groups -OCH3 is 1. The van der Waals surface area contributed by atoms with Crippen LogP contribution in [0, 0.1) is 31.1 Å². The highest BCUT2D eigenvalue weighted by molar-refractivity contribution is 7.99. The van der Waals surface area contributed by atoms with E-state index in [1.54, 1.807) is 18.9 Å². The summed E-state index contributed by atoms with van der Waals surface area (Å²) in [4.78, 5) is 30.0. The average Bonchev–Trinajstić information content (AvgIpc) is 3.47. The van der Waals surface area contributed by atoms with Gasteiger partial charge in [-0.25, -0.2) is 0 Å². The van der Waals surface area contributed by atoms with Gasteiger partial charge in [0.1, 0.15) is 18.4 Å². The molecule has 0 amide bonds. The van der Waals surface area contributed by atoms with Crippen LogP contribution < -0.4 is 18.9 Å². The van der Waals surface area contributed by atoms with Gasteiger partial charge in [0.25, 0.3) is 0 Å². The van der Waals surface area contributed by atoms with E-state index in [0.29, 0.717) is 46.3 Å². The topological polar surface area (TPSA) is 131 Å². The van der Waals surface area contributed by atoms with Crippen LogP contribution in [0.1, 0.15) is 64.6 Å². The molecule has 44 heavy (non-hydrogen) atoms. The molecule has 232 valence electrons. The number of cyclic esters (lactones) is 1. The highest BCUT2D eigenvalue weighted by Crippen LogP contribution is 2.64. The van der Waals surface area contributed by atoms with Crippen LogP contribution in [-0.2, 0) is 20.7 Å². The molecule has 0 spiro atoms. The number of nitriles is 1. The third-order valence-electron chi connectivity index (χ3n) is 9.86. The van der Waals surface area contributed by atoms with Crippen molar-refractivity contribution in [1.29, 1.82) is 5.26 Å². The summed E-state index contributed by atoms with van der Waals surface area (Å²) in [7, 11) is 3.55. The molecule has 0 aromatic heterocycles. The lowest BCUT2D eigenvalue weighted by Crippen LogP contribution is -2.69. The Bertz CT molecular complexity index is 1640. The van der Waals surface area contributed by atoms with Gasteiger partial charge in [-0.05, 0) is 38.4 Å². The fourth-order valence-electron chi connectivity index (χ4n) is 8.06. The number of fused-ring (bicyclic) bond motifs is 9. The summed E-state index contributed by atoms with van der Waals surface area (Å²) in [6.45, 7) is 6.93. The molecule has 0 saturated carbocycles. The quantitative estimate of drug-likeness (QED) is 0.386. The van der Waals surface area contributed by atoms with E-state index in [1.165, 1.54) is 6.92 Å². The first-order chi connectivity index (χ1) is 21.1. The number of carbonyl (C=O) groups excluding carboxylic acids is 2. The number of phenolic OH excluding ortho intramolecular Hbond substituents is 1. The number of ether oxygens (including phenoxy) is 5. The third-order valence-corrected chi connectivity index (χ3v) is 11.4. The molecule has 5 heterocycles. The third kappa shape index (κ3) is 3.95. The van der Waals surface area contributed by atoms with E-state index in [2.05, 4.69) is 21.9 Å². The standard InChI is InChI=1S/C32H35N3O8S/c1-13-7-17-8-18-19(9-33)35-20-10-40-32(38)14(2)11-44-31(25(35)24(34(18)5)21(17)26(37)27(13)39-6)23-22(20)30-29(41-12-42-30)15(3)28(23)43-16(4)36/h7,14,18-20,24-25,31,37H,8,10-12H2,1-6H3/t14-,18-,19-,20-,24-,25+,31+/m0/s1. The van der Waals surface area contributed by atoms with Crippen LogP contribution in [-0.4, -0.2) is 78.3 Å². The smallest absolute Gasteiger partial charge is 0.309 e. The number of benzene rings is 2. The predicted molar refractivity (Wildman–Crippen MR) is 159 cm³/mol. The zero-order valence-corrected chi connectivity index (χ0v) is 26.3. The Balaban J connectivity index is 1.56. The van der Waals surface area contributed by atoms with E-state index in [1.807, 2.05) is 27.8 Å². The summed E-state index contributed by atoms with van der Waals surface area (Å²) in [5, 5.41) is 22.2. The van der Waals surface area contributed by atoms with E-state index in [9.17, 15) is 20.0 Å². The molecule has 0 unspecified atom stereocenters. The molecule has 2 aromatic carbocycles. The Kier molecular flexibility index (Phi) is 6.91. The predicted octanol–water partition coefficient (Wildman–Crippen LogP) is 3.87. The summed E-state index contributed by atoms with van der Waals surface area (Å²) in [6.07, 6.45) is 0.542. The van der Waals surface area contributed by atoms with Gasteiger partial charge in [-0.1, -0.05) is 13.0 Å². The van der Waals surface area contributed by atoms with Gasteiger partial charge in [-0.2, -0.15) is 17.0 Å². The molecular formula is C32H35N3O8S. The second kappa shape index (κ2) is 10.5. The first-order valence-electron chi connectivity index (χ1n) is 14.8. The molecule has 2 aromatic rings. The normalized spacial score (nSPS) is 30.4. The van der Waals surface area contributed by atoms with E-state index >= 15 is 0 Å². The van der Waals surface area contributed by atoms with Crippen molar-refractivity contribution in [3.8, 4) is 34.8 Å². The van der Waals surface area contributed by atoms with E-state index in [0.717, 1.165) is 22.3 Å². The van der Waals surface area contributed by atoms with E-state index in [-0.39, 0.29) is 54.4 Å². The number of carbonyl (C=O) groups is 2. The molecule has 1 N–H and O–H groups in total. The number of esters is 2. The molecule has 2 fully saturated rings. The maximum Gasteiger partial charge on any atom is 0.309 e. The molecular weight excluding hydrogens is 586 g/mol. The Morgan fingerprint density at radius 2 is 1.91 bits per heavy atom. The number of phenols is 1. The lowest BCUT2D eigenvalue weighted by Gasteiger charge is -2.61. The molecule has 5 aliphatic rings. The van der Waals surface area contributed by atoms with Crippen molar-refractivity contribution in [1.82, 2.24) is 9.80 Å². The number of aromatic hydroxyl groups is 1. The van der Waals surface area contributed by atoms with Gasteiger partial charge in [0.2, 0.25) is 6.79 Å². The van der Waals surface area contributed by atoms with Gasteiger partial charge < -0.3 is 28.8 Å². The van der Waals surface area contributed by atoms with Gasteiger partial charge in [0.15, 0.2) is 23.0 Å². The number of hydrogen-bond acceptors (Lipinski definition) is 12. The largest absolute Gasteiger partial charge is 0.504 e. The maximum absolute atomic E-state index is 13.1. The summed E-state index contributed by atoms with van der Waals surface area (Å²) in [6, 6.07) is 2.50. The van der Waals surface area contributed by atoms with E-state index in [4.69, 9.17) is 23.7 Å². The highest BCUT2D eigenvalue weighted by Gasteiger charge is 2.60. The number of hydrogen-bond donors (Lipinski definition) is 1. The Labute approximate surface area is 259 Å². The minimum atomic E-state index is -0.606. The Morgan fingerprint density at radius 3 is 2.61 bits per heavy atom. The average molecular weight is 622 g/mol. The number of rotatable bonds is 2. The number of thioether (sulfide) groups is 1. The van der Waals surface area contributed by atoms with Crippen molar-refractivity contribution in [3.05, 3.63) is 39.4 Å². The summed E-state index contributed by atoms with van der Waals surface area (Å²) < 4.78 is 29.6. The molecule has 4 bridgehead atoms. The van der Waals surface area contributed by atoms with Gasteiger partial charge in [-0.3, -0.25) is 19.4 Å². The van der Waals surface area contributed by atoms with Crippen LogP contribution in [0.15, 0.2) is 6.07 Å².